The molecule has 3 aromatic rings. The number of carbonyl (C=O) groups is 2. The van der Waals surface area contributed by atoms with Gasteiger partial charge >= 0.3 is 0 Å². The third-order valence-electron chi connectivity index (χ3n) is 5.66. The monoisotopic (exact) mass is 495 g/mol. The number of anilines is 2. The molecule has 4 rings (SSSR count). The summed E-state index contributed by atoms with van der Waals surface area (Å²) in [7, 11) is 1.61. The van der Waals surface area contributed by atoms with E-state index in [1.54, 1.807) is 31.4 Å². The highest BCUT2D eigenvalue weighted by molar-refractivity contribution is 7.99. The molecule has 1 N–H and O–H groups in total. The lowest BCUT2D eigenvalue weighted by Crippen LogP contribution is -2.48. The molecule has 10 heteroatoms. The molecule has 0 unspecified atom stereocenters. The summed E-state index contributed by atoms with van der Waals surface area (Å²) in [5.41, 5.74) is 2.44. The van der Waals surface area contributed by atoms with Gasteiger partial charge in [-0.3, -0.25) is 9.59 Å². The predicted molar refractivity (Wildman–Crippen MR) is 135 cm³/mol. The second-order valence-corrected chi connectivity index (χ2v) is 9.38. The van der Waals surface area contributed by atoms with E-state index in [1.807, 2.05) is 43.0 Å². The van der Waals surface area contributed by atoms with Gasteiger partial charge in [0, 0.05) is 49.0 Å². The summed E-state index contributed by atoms with van der Waals surface area (Å²) in [4.78, 5) is 29.2. The summed E-state index contributed by atoms with van der Waals surface area (Å²) >= 11 is 1.22. The molecule has 2 heterocycles. The third kappa shape index (κ3) is 6.33. The van der Waals surface area contributed by atoms with Crippen LogP contribution in [0.25, 0.3) is 0 Å². The first-order valence-electron chi connectivity index (χ1n) is 11.5. The van der Waals surface area contributed by atoms with Gasteiger partial charge in [-0.1, -0.05) is 25.6 Å². The minimum absolute atomic E-state index is 0.0317. The lowest BCUT2D eigenvalue weighted by molar-refractivity contribution is -0.113. The summed E-state index contributed by atoms with van der Waals surface area (Å²) in [6.07, 6.45) is 0. The van der Waals surface area contributed by atoms with Gasteiger partial charge in [-0.2, -0.15) is 0 Å². The fraction of sp³-hybridized carbons (Fsp3) is 0.360. The molecule has 0 radical (unpaired) electrons. The minimum atomic E-state index is -0.141. The number of carbonyl (C=O) groups excluding carboxylic acids is 2. The molecule has 0 aliphatic carbocycles. The molecule has 184 valence electrons. The van der Waals surface area contributed by atoms with Crippen LogP contribution in [0.15, 0.2) is 58.2 Å². The number of nitrogens with one attached hydrogen (secondary N) is 1. The molecule has 0 atom stereocenters. The molecule has 1 aromatic heterocycles. The molecule has 0 saturated carbocycles. The minimum Gasteiger partial charge on any atom is -0.497 e. The Bertz CT molecular complexity index is 1140. The maximum Gasteiger partial charge on any atom is 0.277 e. The zero-order valence-electron chi connectivity index (χ0n) is 20.1. The van der Waals surface area contributed by atoms with Crippen molar-refractivity contribution in [1.29, 1.82) is 0 Å². The summed E-state index contributed by atoms with van der Waals surface area (Å²) in [6, 6.07) is 14.9. The average Bonchev–Trinajstić information content (AvgIpc) is 3.37. The Hall–Kier alpha value is -3.53. The lowest BCUT2D eigenvalue weighted by Gasteiger charge is -2.36. The van der Waals surface area contributed by atoms with Crippen molar-refractivity contribution in [3.63, 3.8) is 0 Å². The molecular formula is C25H29N5O4S. The number of amides is 2. The maximum atomic E-state index is 12.8. The van der Waals surface area contributed by atoms with Crippen LogP contribution in [0.3, 0.4) is 0 Å². The predicted octanol–water partition coefficient (Wildman–Crippen LogP) is 3.89. The molecular weight excluding hydrogens is 466 g/mol. The van der Waals surface area contributed by atoms with Crippen molar-refractivity contribution in [1.82, 2.24) is 15.1 Å². The first kappa shape index (κ1) is 24.6. The number of nitrogens with zero attached hydrogens (tertiary/aromatic N) is 4. The molecule has 1 saturated heterocycles. The van der Waals surface area contributed by atoms with Gasteiger partial charge in [0.15, 0.2) is 0 Å². The first-order valence-corrected chi connectivity index (χ1v) is 12.5. The van der Waals surface area contributed by atoms with Gasteiger partial charge in [0.1, 0.15) is 5.75 Å². The Morgan fingerprint density at radius 3 is 2.31 bits per heavy atom. The number of hydrogen-bond donors (Lipinski definition) is 1. The van der Waals surface area contributed by atoms with Crippen LogP contribution in [0.1, 0.15) is 36.0 Å². The number of benzene rings is 2. The van der Waals surface area contributed by atoms with Gasteiger partial charge in [-0.05, 0) is 48.5 Å². The van der Waals surface area contributed by atoms with Gasteiger partial charge in [0.2, 0.25) is 11.8 Å². The summed E-state index contributed by atoms with van der Waals surface area (Å²) in [5.74, 6) is 1.53. The number of aromatic nitrogens is 2. The number of thioether (sulfide) groups is 1. The highest BCUT2D eigenvalue weighted by Gasteiger charge is 2.22. The summed E-state index contributed by atoms with van der Waals surface area (Å²) in [5, 5.41) is 11.2. The van der Waals surface area contributed by atoms with Crippen LogP contribution in [-0.4, -0.2) is 66.0 Å². The average molecular weight is 496 g/mol. The van der Waals surface area contributed by atoms with Gasteiger partial charge in [0.05, 0.1) is 12.9 Å². The van der Waals surface area contributed by atoms with Crippen LogP contribution in [0.5, 0.6) is 5.75 Å². The number of ether oxygens (including phenoxy) is 1. The molecule has 0 spiro atoms. The van der Waals surface area contributed by atoms with Crippen molar-refractivity contribution >= 4 is 35.0 Å². The van der Waals surface area contributed by atoms with E-state index in [-0.39, 0.29) is 23.5 Å². The summed E-state index contributed by atoms with van der Waals surface area (Å²) < 4.78 is 10.7. The van der Waals surface area contributed by atoms with Crippen molar-refractivity contribution in [3.8, 4) is 5.75 Å². The van der Waals surface area contributed by atoms with Crippen LogP contribution in [0.4, 0.5) is 11.4 Å². The van der Waals surface area contributed by atoms with Gasteiger partial charge in [0.25, 0.3) is 11.1 Å². The van der Waals surface area contributed by atoms with E-state index >= 15 is 0 Å². The van der Waals surface area contributed by atoms with Gasteiger partial charge in [-0.25, -0.2) is 0 Å². The second-order valence-electron chi connectivity index (χ2n) is 8.45. The van der Waals surface area contributed by atoms with Crippen LogP contribution in [0, 0.1) is 0 Å². The van der Waals surface area contributed by atoms with E-state index in [0.29, 0.717) is 29.8 Å². The van der Waals surface area contributed by atoms with Crippen LogP contribution >= 0.6 is 11.8 Å². The normalized spacial score (nSPS) is 13.7. The fourth-order valence-corrected chi connectivity index (χ4v) is 4.25. The lowest BCUT2D eigenvalue weighted by atomic mass is 10.1. The third-order valence-corrected chi connectivity index (χ3v) is 6.48. The highest BCUT2D eigenvalue weighted by Crippen LogP contribution is 2.23. The number of piperazine rings is 1. The molecule has 1 aliphatic heterocycles. The van der Waals surface area contributed by atoms with E-state index in [9.17, 15) is 9.59 Å². The van der Waals surface area contributed by atoms with Gasteiger partial charge in [-0.15, -0.1) is 10.2 Å². The first-order chi connectivity index (χ1) is 16.9. The van der Waals surface area contributed by atoms with Gasteiger partial charge < -0.3 is 24.3 Å². The molecule has 2 aromatic carbocycles. The molecule has 1 aliphatic rings. The Kier molecular flexibility index (Phi) is 7.91. The molecule has 9 nitrogen and oxygen atoms in total. The number of methoxy groups -OCH3 is 1. The smallest absolute Gasteiger partial charge is 0.277 e. The number of hydrogen-bond acceptors (Lipinski definition) is 8. The van der Waals surface area contributed by atoms with Crippen molar-refractivity contribution in [2.75, 3.05) is 49.3 Å². The second kappa shape index (κ2) is 11.3. The van der Waals surface area contributed by atoms with E-state index in [4.69, 9.17) is 9.15 Å². The molecule has 0 bridgehead atoms. The Morgan fingerprint density at radius 2 is 1.71 bits per heavy atom. The van der Waals surface area contributed by atoms with Crippen LogP contribution < -0.4 is 15.0 Å². The zero-order valence-corrected chi connectivity index (χ0v) is 20.9. The SMILES string of the molecule is COc1ccc(C(=O)N2CCN(c3ccc(NC(=O)CSc4nnc(C(C)C)o4)cc3)CC2)cc1. The topological polar surface area (TPSA) is 101 Å². The Balaban J connectivity index is 1.24. The standard InChI is InChI=1S/C25H29N5O4S/c1-17(2)23-27-28-25(34-23)35-16-22(31)26-19-6-8-20(9-7-19)29-12-14-30(15-13-29)24(32)18-4-10-21(33-3)11-5-18/h4-11,17H,12-16H2,1-3H3,(H,26,31). The molecule has 2 amide bonds. The largest absolute Gasteiger partial charge is 0.497 e. The van der Waals surface area contributed by atoms with E-state index in [2.05, 4.69) is 20.4 Å². The number of rotatable bonds is 8. The fourth-order valence-electron chi connectivity index (χ4n) is 3.68. The molecule has 1 fully saturated rings. The van der Waals surface area contributed by atoms with Crippen molar-refractivity contribution < 1.29 is 18.7 Å². The van der Waals surface area contributed by atoms with E-state index in [0.717, 1.165) is 30.2 Å². The molecule has 35 heavy (non-hydrogen) atoms. The maximum absolute atomic E-state index is 12.8. The quantitative estimate of drug-likeness (QED) is 0.470. The Morgan fingerprint density at radius 1 is 1.03 bits per heavy atom. The zero-order chi connectivity index (χ0) is 24.8. The van der Waals surface area contributed by atoms with Crippen molar-refractivity contribution in [2.24, 2.45) is 0 Å². The van der Waals surface area contributed by atoms with Crippen LogP contribution in [0.2, 0.25) is 0 Å². The van der Waals surface area contributed by atoms with E-state index < -0.39 is 0 Å². The Labute approximate surface area is 208 Å². The van der Waals surface area contributed by atoms with Crippen molar-refractivity contribution in [2.45, 2.75) is 25.0 Å². The summed E-state index contributed by atoms with van der Waals surface area (Å²) in [6.45, 7) is 6.73. The highest BCUT2D eigenvalue weighted by atomic mass is 32.2. The van der Waals surface area contributed by atoms with Crippen molar-refractivity contribution in [3.05, 3.63) is 60.0 Å². The van der Waals surface area contributed by atoms with Crippen LogP contribution in [-0.2, 0) is 4.79 Å². The van der Waals surface area contributed by atoms with E-state index in [1.165, 1.54) is 11.8 Å².